The number of hydrogen-bond donors (Lipinski definition) is 0. The molecule has 5 rings (SSSR count). The van der Waals surface area contributed by atoms with E-state index in [1.165, 1.54) is 37.7 Å². The maximum atomic E-state index is 12.0. The summed E-state index contributed by atoms with van der Waals surface area (Å²) in [5.74, 6) is 2.70. The van der Waals surface area contributed by atoms with Gasteiger partial charge in [0.15, 0.2) is 0 Å². The van der Waals surface area contributed by atoms with E-state index in [1.54, 1.807) is 6.20 Å². The van der Waals surface area contributed by atoms with Crippen LogP contribution in [0.1, 0.15) is 64.5 Å². The van der Waals surface area contributed by atoms with Gasteiger partial charge in [0, 0.05) is 18.8 Å². The third-order valence-electron chi connectivity index (χ3n) is 8.80. The topological polar surface area (TPSA) is 52.1 Å². The van der Waals surface area contributed by atoms with Crippen molar-refractivity contribution in [2.24, 2.45) is 34.5 Å². The monoisotopic (exact) mass is 366 g/mol. The maximum Gasteiger partial charge on any atom is 0.306 e. The van der Waals surface area contributed by atoms with Crippen LogP contribution < -0.4 is 0 Å². The lowest BCUT2D eigenvalue weighted by Gasteiger charge is -2.58. The summed E-state index contributed by atoms with van der Waals surface area (Å²) in [5, 5.41) is 0. The van der Waals surface area contributed by atoms with Gasteiger partial charge in [-0.1, -0.05) is 19.9 Å². The Morgan fingerprint density at radius 2 is 2.00 bits per heavy atom. The van der Waals surface area contributed by atoms with Gasteiger partial charge in [-0.25, -0.2) is 0 Å². The maximum absolute atomic E-state index is 12.0. The van der Waals surface area contributed by atoms with E-state index < -0.39 is 0 Å². The van der Waals surface area contributed by atoms with Crippen molar-refractivity contribution < 1.29 is 9.53 Å². The molecule has 0 radical (unpaired) electrons. The molecule has 0 bridgehead atoms. The highest BCUT2D eigenvalue weighted by molar-refractivity contribution is 5.71. The number of allylic oxidation sites excluding steroid dienone is 2. The first kappa shape index (κ1) is 17.4. The van der Waals surface area contributed by atoms with Gasteiger partial charge in [-0.3, -0.25) is 14.8 Å². The first-order valence-electron chi connectivity index (χ1n) is 10.6. The van der Waals surface area contributed by atoms with E-state index in [0.717, 1.165) is 24.0 Å². The van der Waals surface area contributed by atoms with Crippen molar-refractivity contribution in [1.82, 2.24) is 9.97 Å². The molecular weight excluding hydrogens is 336 g/mol. The molecule has 0 aromatic carbocycles. The van der Waals surface area contributed by atoms with Gasteiger partial charge in [-0.05, 0) is 78.6 Å². The smallest absolute Gasteiger partial charge is 0.306 e. The average Bonchev–Trinajstić information content (AvgIpc) is 2.93. The number of fused-ring (bicyclic) bond motifs is 5. The van der Waals surface area contributed by atoms with Crippen molar-refractivity contribution in [3.05, 3.63) is 30.4 Å². The summed E-state index contributed by atoms with van der Waals surface area (Å²) in [6.07, 6.45) is 15.7. The Labute approximate surface area is 161 Å². The third-order valence-corrected chi connectivity index (χ3v) is 8.80. The van der Waals surface area contributed by atoms with Crippen LogP contribution in [0.25, 0.3) is 5.57 Å². The minimum absolute atomic E-state index is 0.0234. The predicted molar refractivity (Wildman–Crippen MR) is 103 cm³/mol. The average molecular weight is 367 g/mol. The number of hydrogen-bond acceptors (Lipinski definition) is 4. The van der Waals surface area contributed by atoms with E-state index in [4.69, 9.17) is 4.74 Å². The molecule has 1 aliphatic heterocycles. The van der Waals surface area contributed by atoms with Crippen LogP contribution in [-0.4, -0.2) is 22.5 Å². The van der Waals surface area contributed by atoms with Gasteiger partial charge in [0.1, 0.15) is 0 Å². The van der Waals surface area contributed by atoms with Crippen LogP contribution in [0.15, 0.2) is 24.7 Å². The van der Waals surface area contributed by atoms with Gasteiger partial charge in [-0.2, -0.15) is 0 Å². The second-order valence-corrected chi connectivity index (χ2v) is 9.73. The molecule has 3 unspecified atom stereocenters. The van der Waals surface area contributed by atoms with Crippen molar-refractivity contribution in [1.29, 1.82) is 0 Å². The molecular formula is C23H30N2O2. The summed E-state index contributed by atoms with van der Waals surface area (Å²) in [7, 11) is 0. The van der Waals surface area contributed by atoms with Crippen molar-refractivity contribution in [3.8, 4) is 0 Å². The molecule has 4 heteroatoms. The third kappa shape index (κ3) is 2.51. The van der Waals surface area contributed by atoms with Crippen LogP contribution >= 0.6 is 0 Å². The van der Waals surface area contributed by atoms with Crippen molar-refractivity contribution in [2.75, 3.05) is 6.61 Å². The lowest BCUT2D eigenvalue weighted by atomic mass is 9.46. The minimum atomic E-state index is 0.0234. The molecule has 3 fully saturated rings. The summed E-state index contributed by atoms with van der Waals surface area (Å²) >= 11 is 0. The second kappa shape index (κ2) is 6.15. The number of rotatable bonds is 1. The highest BCUT2D eigenvalue weighted by Crippen LogP contribution is 2.66. The lowest BCUT2D eigenvalue weighted by Crippen LogP contribution is -2.51. The highest BCUT2D eigenvalue weighted by Gasteiger charge is 2.58. The van der Waals surface area contributed by atoms with Crippen LogP contribution in [0.4, 0.5) is 0 Å². The summed E-state index contributed by atoms with van der Waals surface area (Å²) < 4.78 is 5.46. The quantitative estimate of drug-likeness (QED) is 0.678. The molecule has 1 aromatic rings. The number of aromatic nitrogens is 2. The molecule has 4 aliphatic rings. The largest absolute Gasteiger partial charge is 0.466 e. The van der Waals surface area contributed by atoms with Gasteiger partial charge in [0.25, 0.3) is 0 Å². The van der Waals surface area contributed by atoms with Gasteiger partial charge in [0.2, 0.25) is 0 Å². The zero-order valence-corrected chi connectivity index (χ0v) is 16.5. The minimum Gasteiger partial charge on any atom is -0.466 e. The number of cyclic esters (lactones) is 1. The summed E-state index contributed by atoms with van der Waals surface area (Å²) in [4.78, 5) is 21.0. The fourth-order valence-corrected chi connectivity index (χ4v) is 7.31. The van der Waals surface area contributed by atoms with E-state index in [2.05, 4.69) is 29.9 Å². The summed E-state index contributed by atoms with van der Waals surface area (Å²) in [6, 6.07) is 0. The molecule has 2 saturated carbocycles. The molecule has 144 valence electrons. The SMILES string of the molecule is C[C@]12CCOC(=O)CC1CC[C@@H]1C2CC[C@]2(C)C(c3cnccn3)=CCC12. The molecule has 2 heterocycles. The van der Waals surface area contributed by atoms with Crippen LogP contribution in [-0.2, 0) is 9.53 Å². The molecule has 4 nitrogen and oxygen atoms in total. The number of ether oxygens (including phenoxy) is 1. The fourth-order valence-electron chi connectivity index (χ4n) is 7.31. The van der Waals surface area contributed by atoms with Crippen LogP contribution in [0.5, 0.6) is 0 Å². The Bertz CT molecular complexity index is 776. The summed E-state index contributed by atoms with van der Waals surface area (Å²) in [6.45, 7) is 5.54. The summed E-state index contributed by atoms with van der Waals surface area (Å²) in [5.41, 5.74) is 2.96. The Morgan fingerprint density at radius 1 is 1.11 bits per heavy atom. The van der Waals surface area contributed by atoms with Crippen molar-refractivity contribution >= 4 is 11.5 Å². The zero-order chi connectivity index (χ0) is 18.6. The van der Waals surface area contributed by atoms with Crippen LogP contribution in [0.2, 0.25) is 0 Å². The van der Waals surface area contributed by atoms with Gasteiger partial charge in [0.05, 0.1) is 18.5 Å². The van der Waals surface area contributed by atoms with Crippen LogP contribution in [0.3, 0.4) is 0 Å². The van der Waals surface area contributed by atoms with Crippen LogP contribution in [0, 0.1) is 34.5 Å². The Morgan fingerprint density at radius 3 is 2.81 bits per heavy atom. The van der Waals surface area contributed by atoms with Gasteiger partial charge < -0.3 is 4.74 Å². The Balaban J connectivity index is 1.45. The van der Waals surface area contributed by atoms with E-state index in [-0.39, 0.29) is 16.8 Å². The molecule has 0 amide bonds. The highest BCUT2D eigenvalue weighted by atomic mass is 16.5. The zero-order valence-electron chi connectivity index (χ0n) is 16.5. The molecule has 0 N–H and O–H groups in total. The van der Waals surface area contributed by atoms with E-state index >= 15 is 0 Å². The van der Waals surface area contributed by atoms with Crippen molar-refractivity contribution in [2.45, 2.75) is 58.8 Å². The molecule has 3 aliphatic carbocycles. The van der Waals surface area contributed by atoms with E-state index in [9.17, 15) is 4.79 Å². The first-order chi connectivity index (χ1) is 13.0. The number of carbonyl (C=O) groups is 1. The first-order valence-corrected chi connectivity index (χ1v) is 10.6. The molecule has 1 saturated heterocycles. The Kier molecular flexibility index (Phi) is 3.96. The number of esters is 1. The molecule has 6 atom stereocenters. The number of carbonyl (C=O) groups excluding carboxylic acids is 1. The predicted octanol–water partition coefficient (Wildman–Crippen LogP) is 4.67. The van der Waals surface area contributed by atoms with E-state index in [0.29, 0.717) is 24.9 Å². The lowest BCUT2D eigenvalue weighted by molar-refractivity contribution is -0.143. The normalized spacial score (nSPS) is 43.6. The molecule has 0 spiro atoms. The molecule has 27 heavy (non-hydrogen) atoms. The van der Waals surface area contributed by atoms with Gasteiger partial charge in [-0.15, -0.1) is 0 Å². The van der Waals surface area contributed by atoms with Crippen molar-refractivity contribution in [3.63, 3.8) is 0 Å². The number of nitrogens with zero attached hydrogens (tertiary/aromatic N) is 2. The fraction of sp³-hybridized carbons (Fsp3) is 0.696. The Hall–Kier alpha value is -1.71. The standard InChI is InChI=1S/C23H30N2O2/c1-22-9-12-27-21(26)13-15(22)3-4-16-17-5-6-19(20-14-24-10-11-25-20)23(17,2)8-7-18(16)22/h6,10-11,14-18H,3-5,7-9,12-13H2,1-2H3/t15?,16-,17?,18?,22-,23-/m0/s1. The van der Waals surface area contributed by atoms with E-state index in [1.807, 2.05) is 12.4 Å². The van der Waals surface area contributed by atoms with Gasteiger partial charge >= 0.3 is 5.97 Å². The second-order valence-electron chi connectivity index (χ2n) is 9.73. The molecule has 1 aromatic heterocycles.